The number of hydrogen-bond acceptors (Lipinski definition) is 2. The van der Waals surface area contributed by atoms with E-state index in [2.05, 4.69) is 13.8 Å². The molecule has 0 radical (unpaired) electrons. The van der Waals surface area contributed by atoms with Crippen LogP contribution in [-0.2, 0) is 9.59 Å². The van der Waals surface area contributed by atoms with Gasteiger partial charge in [-0.3, -0.25) is 9.59 Å². The lowest BCUT2D eigenvalue weighted by molar-refractivity contribution is -0.157. The second kappa shape index (κ2) is 5.17. The molecular weight excluding hydrogens is 284 g/mol. The summed E-state index contributed by atoms with van der Waals surface area (Å²) in [6, 6.07) is 0. The Morgan fingerprint density at radius 2 is 1.70 bits per heavy atom. The molecule has 0 amide bonds. The Kier molecular flexibility index (Phi) is 3.56. The number of ketones is 2. The topological polar surface area (TPSA) is 34.1 Å². The van der Waals surface area contributed by atoms with Crippen LogP contribution in [0.1, 0.15) is 78.6 Å². The Balaban J connectivity index is 1.69. The fourth-order valence-electron chi connectivity index (χ4n) is 7.63. The summed E-state index contributed by atoms with van der Waals surface area (Å²) in [6.07, 6.45) is 10.6. The molecule has 4 saturated carbocycles. The Labute approximate surface area is 140 Å². The van der Waals surface area contributed by atoms with Crippen molar-refractivity contribution in [3.63, 3.8) is 0 Å². The molecule has 2 heteroatoms. The molecule has 4 aliphatic carbocycles. The highest BCUT2D eigenvalue weighted by Gasteiger charge is 2.62. The maximum atomic E-state index is 13.1. The van der Waals surface area contributed by atoms with Gasteiger partial charge in [-0.2, -0.15) is 0 Å². The van der Waals surface area contributed by atoms with E-state index in [4.69, 9.17) is 0 Å². The van der Waals surface area contributed by atoms with Crippen LogP contribution in [0.5, 0.6) is 0 Å². The van der Waals surface area contributed by atoms with Crippen LogP contribution in [0.25, 0.3) is 0 Å². The van der Waals surface area contributed by atoms with Crippen LogP contribution in [0, 0.1) is 40.4 Å². The van der Waals surface area contributed by atoms with Gasteiger partial charge >= 0.3 is 0 Å². The van der Waals surface area contributed by atoms with E-state index in [1.807, 2.05) is 0 Å². The molecule has 0 spiro atoms. The lowest BCUT2D eigenvalue weighted by Crippen LogP contribution is -2.56. The molecular formula is C21H32O2. The Morgan fingerprint density at radius 3 is 2.43 bits per heavy atom. The van der Waals surface area contributed by atoms with E-state index >= 15 is 0 Å². The van der Waals surface area contributed by atoms with Crippen molar-refractivity contribution in [3.8, 4) is 0 Å². The summed E-state index contributed by atoms with van der Waals surface area (Å²) in [5, 5.41) is 0. The molecule has 7 unspecified atom stereocenters. The van der Waals surface area contributed by atoms with E-state index in [0.717, 1.165) is 19.3 Å². The van der Waals surface area contributed by atoms with Gasteiger partial charge in [-0.25, -0.2) is 0 Å². The predicted octanol–water partition coefficient (Wildman–Crippen LogP) is 4.80. The average Bonchev–Trinajstić information content (AvgIpc) is 2.85. The summed E-state index contributed by atoms with van der Waals surface area (Å²) < 4.78 is 0. The van der Waals surface area contributed by atoms with Gasteiger partial charge in [0.2, 0.25) is 0 Å². The summed E-state index contributed by atoms with van der Waals surface area (Å²) in [4.78, 5) is 25.3. The highest BCUT2D eigenvalue weighted by atomic mass is 16.1. The van der Waals surface area contributed by atoms with E-state index < -0.39 is 0 Å². The highest BCUT2D eigenvalue weighted by Crippen LogP contribution is 2.66. The number of rotatable bonds is 1. The van der Waals surface area contributed by atoms with Crippen LogP contribution in [0.15, 0.2) is 0 Å². The van der Waals surface area contributed by atoms with Crippen molar-refractivity contribution in [2.45, 2.75) is 78.6 Å². The molecule has 2 nitrogen and oxygen atoms in total. The van der Waals surface area contributed by atoms with Crippen molar-refractivity contribution in [1.82, 2.24) is 0 Å². The molecule has 0 aromatic carbocycles. The molecule has 23 heavy (non-hydrogen) atoms. The number of carbonyl (C=O) groups is 2. The molecule has 4 fully saturated rings. The first kappa shape index (κ1) is 15.8. The fraction of sp³-hybridized carbons (Fsp3) is 0.905. The fourth-order valence-corrected chi connectivity index (χ4v) is 7.63. The van der Waals surface area contributed by atoms with Gasteiger partial charge < -0.3 is 0 Å². The third kappa shape index (κ3) is 2.05. The molecule has 4 rings (SSSR count). The lowest BCUT2D eigenvalue weighted by atomic mass is 9.44. The SMILES string of the molecule is CC(=O)C1CCC2C3C(=O)CC4CCCCC4(C)C3CCC12C. The number of Topliss-reactive ketones (excluding diaryl/α,β-unsaturated/α-hetero) is 2. The van der Waals surface area contributed by atoms with E-state index in [-0.39, 0.29) is 17.3 Å². The van der Waals surface area contributed by atoms with Crippen molar-refractivity contribution in [1.29, 1.82) is 0 Å². The number of hydrogen-bond donors (Lipinski definition) is 0. The summed E-state index contributed by atoms with van der Waals surface area (Å²) in [6.45, 7) is 6.60. The maximum absolute atomic E-state index is 13.1. The summed E-state index contributed by atoms with van der Waals surface area (Å²) in [5.41, 5.74) is 0.493. The summed E-state index contributed by atoms with van der Waals surface area (Å²) in [7, 11) is 0. The van der Waals surface area contributed by atoms with Crippen molar-refractivity contribution >= 4 is 11.6 Å². The minimum atomic E-state index is 0.0977. The second-order valence-electron chi connectivity index (χ2n) is 9.64. The maximum Gasteiger partial charge on any atom is 0.136 e. The quantitative estimate of drug-likeness (QED) is 0.696. The summed E-state index contributed by atoms with van der Waals surface area (Å²) in [5.74, 6) is 3.09. The Bertz CT molecular complexity index is 538. The molecule has 128 valence electrons. The first-order valence-electron chi connectivity index (χ1n) is 9.91. The smallest absolute Gasteiger partial charge is 0.136 e. The molecule has 0 aromatic heterocycles. The molecule has 0 bridgehead atoms. The predicted molar refractivity (Wildman–Crippen MR) is 90.9 cm³/mol. The third-order valence-corrected chi connectivity index (χ3v) is 8.88. The molecule has 0 aromatic rings. The largest absolute Gasteiger partial charge is 0.300 e. The van der Waals surface area contributed by atoms with Crippen molar-refractivity contribution < 1.29 is 9.59 Å². The van der Waals surface area contributed by atoms with Crippen LogP contribution in [0.3, 0.4) is 0 Å². The molecule has 7 atom stereocenters. The zero-order valence-corrected chi connectivity index (χ0v) is 15.1. The van der Waals surface area contributed by atoms with Crippen LogP contribution >= 0.6 is 0 Å². The van der Waals surface area contributed by atoms with E-state index in [1.165, 1.54) is 38.5 Å². The van der Waals surface area contributed by atoms with Gasteiger partial charge in [-0.1, -0.05) is 26.7 Å². The third-order valence-electron chi connectivity index (χ3n) is 8.88. The van der Waals surface area contributed by atoms with Gasteiger partial charge in [0.25, 0.3) is 0 Å². The number of fused-ring (bicyclic) bond motifs is 5. The first-order chi connectivity index (χ1) is 10.9. The van der Waals surface area contributed by atoms with E-state index in [9.17, 15) is 9.59 Å². The number of carbonyl (C=O) groups excluding carboxylic acids is 2. The molecule has 0 N–H and O–H groups in total. The zero-order chi connectivity index (χ0) is 16.4. The second-order valence-corrected chi connectivity index (χ2v) is 9.64. The van der Waals surface area contributed by atoms with Gasteiger partial charge in [0.15, 0.2) is 0 Å². The standard InChI is InChI=1S/C21H32O2/c1-13(22)15-7-8-16-19-17(9-11-21(15,16)3)20(2)10-5-4-6-14(20)12-18(19)23/h14-17,19H,4-12H2,1-3H3. The highest BCUT2D eigenvalue weighted by molar-refractivity contribution is 5.84. The van der Waals surface area contributed by atoms with E-state index in [1.54, 1.807) is 6.92 Å². The minimum Gasteiger partial charge on any atom is -0.300 e. The van der Waals surface area contributed by atoms with Crippen LogP contribution < -0.4 is 0 Å². The Morgan fingerprint density at radius 1 is 0.957 bits per heavy atom. The zero-order valence-electron chi connectivity index (χ0n) is 15.1. The Hall–Kier alpha value is -0.660. The van der Waals surface area contributed by atoms with Gasteiger partial charge in [0, 0.05) is 18.3 Å². The normalized spacial score (nSPS) is 52.5. The van der Waals surface area contributed by atoms with Crippen molar-refractivity contribution in [3.05, 3.63) is 0 Å². The van der Waals surface area contributed by atoms with Gasteiger partial charge in [-0.05, 0) is 74.0 Å². The molecule has 4 aliphatic rings. The lowest BCUT2D eigenvalue weighted by Gasteiger charge is -2.59. The van der Waals surface area contributed by atoms with Gasteiger partial charge in [-0.15, -0.1) is 0 Å². The minimum absolute atomic E-state index is 0.0977. The molecule has 0 aliphatic heterocycles. The first-order valence-corrected chi connectivity index (χ1v) is 9.91. The van der Waals surface area contributed by atoms with Gasteiger partial charge in [0.1, 0.15) is 11.6 Å². The molecule has 0 saturated heterocycles. The van der Waals surface area contributed by atoms with Crippen LogP contribution in [-0.4, -0.2) is 11.6 Å². The molecule has 0 heterocycles. The van der Waals surface area contributed by atoms with Crippen molar-refractivity contribution in [2.75, 3.05) is 0 Å². The average molecular weight is 316 g/mol. The van der Waals surface area contributed by atoms with Crippen LogP contribution in [0.4, 0.5) is 0 Å². The summed E-state index contributed by atoms with van der Waals surface area (Å²) >= 11 is 0. The van der Waals surface area contributed by atoms with Crippen LogP contribution in [0.2, 0.25) is 0 Å². The van der Waals surface area contributed by atoms with Gasteiger partial charge in [0.05, 0.1) is 0 Å². The van der Waals surface area contributed by atoms with E-state index in [0.29, 0.717) is 34.7 Å². The van der Waals surface area contributed by atoms with Crippen molar-refractivity contribution in [2.24, 2.45) is 40.4 Å². The monoisotopic (exact) mass is 316 g/mol.